The predicted molar refractivity (Wildman–Crippen MR) is 129 cm³/mol. The number of aliphatic hydroxyl groups is 1. The molecule has 0 bridgehead atoms. The average molecular weight is 474 g/mol. The summed E-state index contributed by atoms with van der Waals surface area (Å²) >= 11 is 0. The molecule has 3 aromatic carbocycles. The van der Waals surface area contributed by atoms with Crippen LogP contribution in [0.3, 0.4) is 0 Å². The summed E-state index contributed by atoms with van der Waals surface area (Å²) in [5.74, 6) is -1.44. The Balaban J connectivity index is 1.68. The SMILES string of the molecule is CN(C)c1ccc(C2/C(=C(\O)c3ccc(F)cc3)C(=O)C(=O)N2c2ccc3c(c2)OCCO3)cc1. The smallest absolute Gasteiger partial charge is 0.300 e. The van der Waals surface area contributed by atoms with Crippen molar-refractivity contribution in [1.29, 1.82) is 0 Å². The summed E-state index contributed by atoms with van der Waals surface area (Å²) in [6.45, 7) is 0.794. The molecule has 0 aliphatic carbocycles. The monoisotopic (exact) mass is 474 g/mol. The quantitative estimate of drug-likeness (QED) is 0.345. The number of carbonyl (C=O) groups excluding carboxylic acids is 2. The van der Waals surface area contributed by atoms with Gasteiger partial charge in [0.05, 0.1) is 11.6 Å². The lowest BCUT2D eigenvalue weighted by atomic mass is 9.95. The van der Waals surface area contributed by atoms with Crippen LogP contribution in [0.4, 0.5) is 15.8 Å². The highest BCUT2D eigenvalue weighted by Crippen LogP contribution is 2.44. The number of benzene rings is 3. The molecule has 2 aliphatic rings. The third-order valence-electron chi connectivity index (χ3n) is 6.09. The number of ketones is 1. The molecule has 1 fully saturated rings. The molecule has 8 heteroatoms. The van der Waals surface area contributed by atoms with Crippen LogP contribution >= 0.6 is 0 Å². The zero-order valence-corrected chi connectivity index (χ0v) is 19.2. The first-order valence-electron chi connectivity index (χ1n) is 11.1. The molecule has 0 radical (unpaired) electrons. The van der Waals surface area contributed by atoms with Crippen molar-refractivity contribution in [2.45, 2.75) is 6.04 Å². The second kappa shape index (κ2) is 8.79. The van der Waals surface area contributed by atoms with Crippen LogP contribution in [0, 0.1) is 5.82 Å². The summed E-state index contributed by atoms with van der Waals surface area (Å²) in [6.07, 6.45) is 0. The number of nitrogens with zero attached hydrogens (tertiary/aromatic N) is 2. The largest absolute Gasteiger partial charge is 0.507 e. The van der Waals surface area contributed by atoms with Crippen LogP contribution in [0.15, 0.2) is 72.3 Å². The van der Waals surface area contributed by atoms with Gasteiger partial charge >= 0.3 is 0 Å². The fraction of sp³-hybridized carbons (Fsp3) is 0.185. The molecule has 2 heterocycles. The van der Waals surface area contributed by atoms with Crippen LogP contribution in [0.1, 0.15) is 17.2 Å². The Bertz CT molecular complexity index is 1330. The summed E-state index contributed by atoms with van der Waals surface area (Å²) in [5.41, 5.74) is 2.16. The van der Waals surface area contributed by atoms with Gasteiger partial charge in [0.1, 0.15) is 24.8 Å². The van der Waals surface area contributed by atoms with Crippen LogP contribution in [0.25, 0.3) is 5.76 Å². The molecule has 1 atom stereocenters. The lowest BCUT2D eigenvalue weighted by molar-refractivity contribution is -0.132. The van der Waals surface area contributed by atoms with Crippen molar-refractivity contribution in [2.24, 2.45) is 0 Å². The number of aliphatic hydroxyl groups excluding tert-OH is 1. The number of anilines is 2. The molecule has 1 N–H and O–H groups in total. The molecule has 2 aliphatic heterocycles. The van der Waals surface area contributed by atoms with Gasteiger partial charge < -0.3 is 19.5 Å². The Morgan fingerprint density at radius 2 is 1.60 bits per heavy atom. The van der Waals surface area contributed by atoms with E-state index in [1.165, 1.54) is 29.2 Å². The Kier molecular flexibility index (Phi) is 5.64. The molecular weight excluding hydrogens is 451 g/mol. The van der Waals surface area contributed by atoms with E-state index in [1.807, 2.05) is 43.3 Å². The van der Waals surface area contributed by atoms with Gasteiger partial charge in [-0.05, 0) is 54.1 Å². The number of ether oxygens (including phenoxy) is 2. The predicted octanol–water partition coefficient (Wildman–Crippen LogP) is 4.29. The van der Waals surface area contributed by atoms with Crippen molar-refractivity contribution >= 4 is 28.8 Å². The van der Waals surface area contributed by atoms with E-state index in [9.17, 15) is 19.1 Å². The van der Waals surface area contributed by atoms with Crippen molar-refractivity contribution in [3.8, 4) is 11.5 Å². The first-order valence-corrected chi connectivity index (χ1v) is 11.1. The van der Waals surface area contributed by atoms with E-state index in [2.05, 4.69) is 0 Å². The van der Waals surface area contributed by atoms with Crippen molar-refractivity contribution in [2.75, 3.05) is 37.1 Å². The molecule has 1 unspecified atom stereocenters. The van der Waals surface area contributed by atoms with Crippen LogP contribution < -0.4 is 19.3 Å². The third-order valence-corrected chi connectivity index (χ3v) is 6.09. The first-order chi connectivity index (χ1) is 16.8. The van der Waals surface area contributed by atoms with Crippen LogP contribution in [0.5, 0.6) is 11.5 Å². The number of hydrogen-bond donors (Lipinski definition) is 1. The summed E-state index contributed by atoms with van der Waals surface area (Å²) in [4.78, 5) is 29.9. The van der Waals surface area contributed by atoms with Gasteiger partial charge in [-0.25, -0.2) is 4.39 Å². The minimum Gasteiger partial charge on any atom is -0.507 e. The van der Waals surface area contributed by atoms with Gasteiger partial charge in [-0.2, -0.15) is 0 Å². The molecule has 3 aromatic rings. The van der Waals surface area contributed by atoms with Gasteiger partial charge in [-0.1, -0.05) is 12.1 Å². The van der Waals surface area contributed by atoms with E-state index >= 15 is 0 Å². The molecule has 5 rings (SSSR count). The van der Waals surface area contributed by atoms with Crippen molar-refractivity contribution in [1.82, 2.24) is 0 Å². The van der Waals surface area contributed by atoms with E-state index in [0.717, 1.165) is 5.69 Å². The van der Waals surface area contributed by atoms with E-state index < -0.39 is 23.5 Å². The molecule has 1 saturated heterocycles. The van der Waals surface area contributed by atoms with Gasteiger partial charge in [-0.3, -0.25) is 14.5 Å². The minimum atomic E-state index is -0.904. The Labute approximate surface area is 201 Å². The van der Waals surface area contributed by atoms with E-state index in [-0.39, 0.29) is 16.9 Å². The number of fused-ring (bicyclic) bond motifs is 1. The maximum atomic E-state index is 13.5. The second-order valence-electron chi connectivity index (χ2n) is 8.49. The molecule has 7 nitrogen and oxygen atoms in total. The van der Waals surface area contributed by atoms with Gasteiger partial charge in [0.2, 0.25) is 0 Å². The van der Waals surface area contributed by atoms with Gasteiger partial charge in [0.25, 0.3) is 11.7 Å². The van der Waals surface area contributed by atoms with Gasteiger partial charge in [0.15, 0.2) is 11.5 Å². The summed E-state index contributed by atoms with van der Waals surface area (Å²) in [6, 6.07) is 16.6. The van der Waals surface area contributed by atoms with Crippen LogP contribution in [-0.2, 0) is 9.59 Å². The Hall–Kier alpha value is -4.33. The number of halogens is 1. The molecule has 0 aromatic heterocycles. The molecule has 35 heavy (non-hydrogen) atoms. The number of amides is 1. The van der Waals surface area contributed by atoms with E-state index in [0.29, 0.717) is 36.0 Å². The molecule has 0 saturated carbocycles. The summed E-state index contributed by atoms with van der Waals surface area (Å²) in [7, 11) is 3.82. The lowest BCUT2D eigenvalue weighted by Gasteiger charge is -2.27. The maximum absolute atomic E-state index is 13.5. The average Bonchev–Trinajstić information content (AvgIpc) is 3.14. The highest BCUT2D eigenvalue weighted by molar-refractivity contribution is 6.51. The van der Waals surface area contributed by atoms with Crippen LogP contribution in [-0.4, -0.2) is 44.1 Å². The molecular formula is C27H23FN2O5. The molecule has 0 spiro atoms. The number of rotatable bonds is 4. The van der Waals surface area contributed by atoms with Crippen molar-refractivity contribution in [3.05, 3.63) is 89.2 Å². The summed E-state index contributed by atoms with van der Waals surface area (Å²) in [5, 5.41) is 11.1. The van der Waals surface area contributed by atoms with Gasteiger partial charge in [-0.15, -0.1) is 0 Å². The molecule has 1 amide bonds. The Morgan fingerprint density at radius 1 is 0.943 bits per heavy atom. The van der Waals surface area contributed by atoms with Crippen molar-refractivity contribution < 1.29 is 28.6 Å². The maximum Gasteiger partial charge on any atom is 0.300 e. The standard InChI is InChI=1S/C27H23FN2O5/c1-29(2)19-9-5-16(6-10-19)24-23(25(31)17-3-7-18(28)8-4-17)26(32)27(33)30(24)20-11-12-21-22(15-20)35-14-13-34-21/h3-12,15,24,31H,13-14H2,1-2H3/b25-23+. The fourth-order valence-electron chi connectivity index (χ4n) is 4.31. The van der Waals surface area contributed by atoms with E-state index in [1.54, 1.807) is 18.2 Å². The highest BCUT2D eigenvalue weighted by atomic mass is 19.1. The number of carbonyl (C=O) groups is 2. The lowest BCUT2D eigenvalue weighted by Crippen LogP contribution is -2.29. The second-order valence-corrected chi connectivity index (χ2v) is 8.49. The van der Waals surface area contributed by atoms with Crippen LogP contribution in [0.2, 0.25) is 0 Å². The molecule has 178 valence electrons. The summed E-state index contributed by atoms with van der Waals surface area (Å²) < 4.78 is 24.7. The van der Waals surface area contributed by atoms with E-state index in [4.69, 9.17) is 9.47 Å². The number of hydrogen-bond acceptors (Lipinski definition) is 6. The normalized spacial score (nSPS) is 18.6. The highest BCUT2D eigenvalue weighted by Gasteiger charge is 2.47. The topological polar surface area (TPSA) is 79.3 Å². The zero-order valence-electron chi connectivity index (χ0n) is 19.2. The first kappa shape index (κ1) is 22.5. The van der Waals surface area contributed by atoms with Gasteiger partial charge in [0, 0.05) is 37.1 Å². The third kappa shape index (κ3) is 3.97. The number of Topliss-reactive ketones (excluding diaryl/α,β-unsaturated/α-hetero) is 1. The fourth-order valence-corrected chi connectivity index (χ4v) is 4.31. The Morgan fingerprint density at radius 3 is 2.26 bits per heavy atom. The zero-order chi connectivity index (χ0) is 24.7. The minimum absolute atomic E-state index is 0.0749. The van der Waals surface area contributed by atoms with Crippen molar-refractivity contribution in [3.63, 3.8) is 0 Å².